The van der Waals surface area contributed by atoms with Crippen molar-refractivity contribution < 1.29 is 0 Å². The molecule has 0 bridgehead atoms. The van der Waals surface area contributed by atoms with E-state index in [1.165, 1.54) is 0 Å². The van der Waals surface area contributed by atoms with Crippen molar-refractivity contribution in [1.82, 2.24) is 4.98 Å². The van der Waals surface area contributed by atoms with Crippen LogP contribution in [-0.4, -0.2) is 4.98 Å². The van der Waals surface area contributed by atoms with E-state index < -0.39 is 0 Å². The third-order valence-corrected chi connectivity index (χ3v) is 1.71. The molecule has 2 nitrogen and oxygen atoms in total. The lowest BCUT2D eigenvalue weighted by atomic mass is 10.1. The first kappa shape index (κ1) is 14.7. The molecular formula is C7H11BrCl2N2. The standard InChI is InChI=1S/C7H9BrN2.2ClH/c1-5(9)6-2-3-10-7(8)4-6;;/h2-5H,9H2,1H3;2*1H. The fraction of sp³-hybridized carbons (Fsp3) is 0.286. The monoisotopic (exact) mass is 272 g/mol. The van der Waals surface area contributed by atoms with Gasteiger partial charge >= 0.3 is 0 Å². The molecule has 1 aromatic rings. The number of nitrogens with zero attached hydrogens (tertiary/aromatic N) is 1. The molecule has 0 aromatic carbocycles. The molecule has 1 unspecified atom stereocenters. The predicted molar refractivity (Wildman–Crippen MR) is 59.0 cm³/mol. The zero-order valence-electron chi connectivity index (χ0n) is 6.53. The summed E-state index contributed by atoms with van der Waals surface area (Å²) in [7, 11) is 0. The van der Waals surface area contributed by atoms with Gasteiger partial charge in [0.05, 0.1) is 0 Å². The van der Waals surface area contributed by atoms with E-state index in [0.29, 0.717) is 0 Å². The van der Waals surface area contributed by atoms with Gasteiger partial charge in [0, 0.05) is 12.2 Å². The van der Waals surface area contributed by atoms with E-state index in [2.05, 4.69) is 20.9 Å². The Morgan fingerprint density at radius 1 is 1.50 bits per heavy atom. The Bertz CT molecular complexity index is 230. The first-order chi connectivity index (χ1) is 4.70. The Morgan fingerprint density at radius 2 is 2.08 bits per heavy atom. The molecule has 0 aliphatic carbocycles. The second-order valence-electron chi connectivity index (χ2n) is 2.20. The Morgan fingerprint density at radius 3 is 2.42 bits per heavy atom. The van der Waals surface area contributed by atoms with Gasteiger partial charge in [0.25, 0.3) is 0 Å². The zero-order valence-corrected chi connectivity index (χ0v) is 9.75. The molecule has 1 heterocycles. The molecule has 1 aromatic heterocycles. The zero-order chi connectivity index (χ0) is 7.56. The van der Waals surface area contributed by atoms with Crippen LogP contribution < -0.4 is 5.73 Å². The van der Waals surface area contributed by atoms with Crippen molar-refractivity contribution in [3.8, 4) is 0 Å². The fourth-order valence-corrected chi connectivity index (χ4v) is 1.08. The molecule has 0 saturated heterocycles. The molecule has 1 rings (SSSR count). The average molecular weight is 274 g/mol. The molecule has 0 fully saturated rings. The van der Waals surface area contributed by atoms with Crippen molar-refractivity contribution >= 4 is 40.7 Å². The number of halogens is 3. The summed E-state index contributed by atoms with van der Waals surface area (Å²) in [5.41, 5.74) is 6.73. The van der Waals surface area contributed by atoms with Crippen LogP contribution in [-0.2, 0) is 0 Å². The first-order valence-corrected chi connectivity index (χ1v) is 3.86. The van der Waals surface area contributed by atoms with Gasteiger partial charge in [-0.05, 0) is 40.5 Å². The van der Waals surface area contributed by atoms with Crippen LogP contribution in [0, 0.1) is 0 Å². The van der Waals surface area contributed by atoms with Crippen molar-refractivity contribution in [2.75, 3.05) is 0 Å². The fourth-order valence-electron chi connectivity index (χ4n) is 0.701. The lowest BCUT2D eigenvalue weighted by Gasteiger charge is -2.03. The van der Waals surface area contributed by atoms with Gasteiger partial charge in [-0.1, -0.05) is 0 Å². The number of hydrogen-bond donors (Lipinski definition) is 1. The van der Waals surface area contributed by atoms with Crippen LogP contribution in [0.1, 0.15) is 18.5 Å². The van der Waals surface area contributed by atoms with Crippen molar-refractivity contribution in [2.45, 2.75) is 13.0 Å². The highest BCUT2D eigenvalue weighted by molar-refractivity contribution is 9.10. The molecule has 0 aliphatic rings. The van der Waals surface area contributed by atoms with Crippen molar-refractivity contribution in [2.24, 2.45) is 5.73 Å². The second-order valence-corrected chi connectivity index (χ2v) is 3.01. The summed E-state index contributed by atoms with van der Waals surface area (Å²) in [5.74, 6) is 0. The van der Waals surface area contributed by atoms with E-state index in [4.69, 9.17) is 5.73 Å². The molecule has 0 saturated carbocycles. The minimum absolute atomic E-state index is 0. The first-order valence-electron chi connectivity index (χ1n) is 3.07. The topological polar surface area (TPSA) is 38.9 Å². The molecule has 0 radical (unpaired) electrons. The summed E-state index contributed by atoms with van der Waals surface area (Å²) < 4.78 is 0.835. The van der Waals surface area contributed by atoms with Gasteiger partial charge in [-0.2, -0.15) is 0 Å². The third kappa shape index (κ3) is 4.26. The van der Waals surface area contributed by atoms with Crippen LogP contribution in [0.25, 0.3) is 0 Å². The summed E-state index contributed by atoms with van der Waals surface area (Å²) >= 11 is 3.26. The van der Waals surface area contributed by atoms with Gasteiger partial charge in [-0.15, -0.1) is 24.8 Å². The molecule has 0 aliphatic heterocycles. The Kier molecular flexibility index (Phi) is 8.15. The molecule has 1 atom stereocenters. The number of rotatable bonds is 1. The van der Waals surface area contributed by atoms with Crippen molar-refractivity contribution in [1.29, 1.82) is 0 Å². The smallest absolute Gasteiger partial charge is 0.106 e. The van der Waals surface area contributed by atoms with Gasteiger partial charge in [0.15, 0.2) is 0 Å². The SMILES string of the molecule is CC(N)c1ccnc(Br)c1.Cl.Cl. The maximum absolute atomic E-state index is 5.63. The number of aromatic nitrogens is 1. The summed E-state index contributed by atoms with van der Waals surface area (Å²) in [6.45, 7) is 1.95. The van der Waals surface area contributed by atoms with E-state index >= 15 is 0 Å². The summed E-state index contributed by atoms with van der Waals surface area (Å²) in [5, 5.41) is 0. The van der Waals surface area contributed by atoms with Gasteiger partial charge in [0.1, 0.15) is 4.60 Å². The normalized spacial score (nSPS) is 10.9. The van der Waals surface area contributed by atoms with Gasteiger partial charge in [-0.25, -0.2) is 4.98 Å². The number of hydrogen-bond acceptors (Lipinski definition) is 2. The highest BCUT2D eigenvalue weighted by atomic mass is 79.9. The summed E-state index contributed by atoms with van der Waals surface area (Å²) in [6.07, 6.45) is 1.74. The van der Waals surface area contributed by atoms with Gasteiger partial charge in [-0.3, -0.25) is 0 Å². The maximum atomic E-state index is 5.63. The van der Waals surface area contributed by atoms with E-state index in [0.717, 1.165) is 10.2 Å². The average Bonchev–Trinajstić information content (AvgIpc) is 1.88. The largest absolute Gasteiger partial charge is 0.324 e. The lowest BCUT2D eigenvalue weighted by molar-refractivity contribution is 0.814. The second kappa shape index (κ2) is 6.66. The molecule has 5 heteroatoms. The van der Waals surface area contributed by atoms with Crippen molar-refractivity contribution in [3.05, 3.63) is 28.5 Å². The summed E-state index contributed by atoms with van der Waals surface area (Å²) in [4.78, 5) is 3.98. The van der Waals surface area contributed by atoms with Crippen LogP contribution in [0.3, 0.4) is 0 Å². The van der Waals surface area contributed by atoms with Crippen molar-refractivity contribution in [3.63, 3.8) is 0 Å². The Hall–Kier alpha value is 0.170. The molecular weight excluding hydrogens is 263 g/mol. The van der Waals surface area contributed by atoms with Gasteiger partial charge < -0.3 is 5.73 Å². The molecule has 0 amide bonds. The Balaban J connectivity index is 0. The number of nitrogens with two attached hydrogens (primary N) is 1. The van der Waals surface area contributed by atoms with E-state index in [1.807, 2.05) is 19.1 Å². The third-order valence-electron chi connectivity index (χ3n) is 1.28. The van der Waals surface area contributed by atoms with E-state index in [-0.39, 0.29) is 30.9 Å². The maximum Gasteiger partial charge on any atom is 0.106 e. The van der Waals surface area contributed by atoms with Crippen LogP contribution in [0.5, 0.6) is 0 Å². The Labute approximate surface area is 92.9 Å². The lowest BCUT2D eigenvalue weighted by Crippen LogP contribution is -2.04. The minimum atomic E-state index is 0. The predicted octanol–water partition coefficient (Wildman–Crippen LogP) is 2.71. The van der Waals surface area contributed by atoms with Crippen LogP contribution in [0.15, 0.2) is 22.9 Å². The van der Waals surface area contributed by atoms with Gasteiger partial charge in [0.2, 0.25) is 0 Å². The van der Waals surface area contributed by atoms with E-state index in [9.17, 15) is 0 Å². The quantitative estimate of drug-likeness (QED) is 0.799. The highest BCUT2D eigenvalue weighted by Crippen LogP contribution is 2.12. The number of pyridine rings is 1. The summed E-state index contributed by atoms with van der Waals surface area (Å²) in [6, 6.07) is 3.92. The van der Waals surface area contributed by atoms with E-state index in [1.54, 1.807) is 6.20 Å². The molecule has 12 heavy (non-hydrogen) atoms. The van der Waals surface area contributed by atoms with Crippen LogP contribution >= 0.6 is 40.7 Å². The molecule has 70 valence electrons. The highest BCUT2D eigenvalue weighted by Gasteiger charge is 1.97. The minimum Gasteiger partial charge on any atom is -0.324 e. The van der Waals surface area contributed by atoms with Crippen LogP contribution in [0.2, 0.25) is 0 Å². The van der Waals surface area contributed by atoms with Crippen LogP contribution in [0.4, 0.5) is 0 Å². The molecule has 2 N–H and O–H groups in total. The molecule has 0 spiro atoms.